The molecule has 10 heteroatoms. The Labute approximate surface area is 468 Å². The number of phosphoric ester groups is 1. The first kappa shape index (κ1) is 72.9. The number of ether oxygens (including phenoxy) is 1. The van der Waals surface area contributed by atoms with Gasteiger partial charge in [-0.2, -0.15) is 0 Å². The Hall–Kier alpha value is -3.07. The Morgan fingerprint density at radius 1 is 0.474 bits per heavy atom. The van der Waals surface area contributed by atoms with E-state index < -0.39 is 26.6 Å². The van der Waals surface area contributed by atoms with Crippen LogP contribution in [0.4, 0.5) is 0 Å². The highest BCUT2D eigenvalue weighted by molar-refractivity contribution is 7.45. The van der Waals surface area contributed by atoms with Gasteiger partial charge in [-0.15, -0.1) is 0 Å². The zero-order chi connectivity index (χ0) is 55.7. The van der Waals surface area contributed by atoms with E-state index in [0.717, 1.165) is 122 Å². The monoisotopic (exact) mass is 1080 g/mol. The second-order valence-electron chi connectivity index (χ2n) is 21.8. The maximum atomic E-state index is 13.5. The van der Waals surface area contributed by atoms with Crippen LogP contribution in [0.15, 0.2) is 97.2 Å². The van der Waals surface area contributed by atoms with Crippen molar-refractivity contribution in [1.29, 1.82) is 0 Å². The zero-order valence-electron chi connectivity index (χ0n) is 49.9. The van der Waals surface area contributed by atoms with Crippen LogP contribution in [0.3, 0.4) is 0 Å². The molecule has 0 aliphatic carbocycles. The highest BCUT2D eigenvalue weighted by Gasteiger charge is 2.27. The summed E-state index contributed by atoms with van der Waals surface area (Å²) in [6, 6.07) is -0.908. The van der Waals surface area contributed by atoms with Crippen molar-refractivity contribution in [3.05, 3.63) is 97.2 Å². The maximum Gasteiger partial charge on any atom is 0.306 e. The van der Waals surface area contributed by atoms with Gasteiger partial charge in [0.1, 0.15) is 19.3 Å². The lowest BCUT2D eigenvalue weighted by molar-refractivity contribution is -0.870. The minimum Gasteiger partial charge on any atom is -0.756 e. The number of hydrogen-bond donors (Lipinski definition) is 1. The van der Waals surface area contributed by atoms with Crippen molar-refractivity contribution in [1.82, 2.24) is 5.32 Å². The maximum absolute atomic E-state index is 13.5. The SMILES string of the molecule is CC/C=C\C/C=C\C/C=C\C/C=C\C/C=C\C/C=C\CCCCCCC(=O)OC(/C=C\CCCCCCCCCCC)C(COP(=O)([O-])OCC[N+](C)(C)C)NC(=O)CCCCCCC/C=C/CCCCCCCCC. The third-order valence-electron chi connectivity index (χ3n) is 13.2. The molecule has 0 aliphatic rings. The molecule has 9 nitrogen and oxygen atoms in total. The van der Waals surface area contributed by atoms with Gasteiger partial charge < -0.3 is 28.5 Å². The smallest absolute Gasteiger partial charge is 0.306 e. The highest BCUT2D eigenvalue weighted by Crippen LogP contribution is 2.38. The third-order valence-corrected chi connectivity index (χ3v) is 14.2. The van der Waals surface area contributed by atoms with E-state index in [2.05, 4.69) is 111 Å². The molecule has 3 atom stereocenters. The number of esters is 1. The fourth-order valence-electron chi connectivity index (χ4n) is 8.46. The number of unbranched alkanes of at least 4 members (excludes halogenated alkanes) is 25. The van der Waals surface area contributed by atoms with Crippen molar-refractivity contribution in [2.75, 3.05) is 40.9 Å². The Bertz CT molecular complexity index is 1620. The van der Waals surface area contributed by atoms with Gasteiger partial charge >= 0.3 is 5.97 Å². The van der Waals surface area contributed by atoms with Crippen molar-refractivity contribution in [3.63, 3.8) is 0 Å². The average Bonchev–Trinajstić information content (AvgIpc) is 3.38. The molecule has 0 saturated heterocycles. The van der Waals surface area contributed by atoms with Crippen molar-refractivity contribution in [3.8, 4) is 0 Å². The summed E-state index contributed by atoms with van der Waals surface area (Å²) in [7, 11) is 1.15. The van der Waals surface area contributed by atoms with Crippen LogP contribution in [0.25, 0.3) is 0 Å². The first-order valence-corrected chi connectivity index (χ1v) is 32.5. The van der Waals surface area contributed by atoms with Crippen LogP contribution in [-0.4, -0.2) is 69.4 Å². The molecule has 0 saturated carbocycles. The van der Waals surface area contributed by atoms with Gasteiger partial charge in [-0.05, 0) is 109 Å². The molecular formula is C66H117N2O7P. The van der Waals surface area contributed by atoms with Crippen LogP contribution in [0.2, 0.25) is 0 Å². The normalized spacial score (nSPS) is 14.4. The first-order chi connectivity index (χ1) is 36.9. The molecule has 3 unspecified atom stereocenters. The predicted octanol–water partition coefficient (Wildman–Crippen LogP) is 18.5. The predicted molar refractivity (Wildman–Crippen MR) is 325 cm³/mol. The van der Waals surface area contributed by atoms with Crippen molar-refractivity contribution in [2.45, 2.75) is 270 Å². The molecule has 0 aromatic rings. The van der Waals surface area contributed by atoms with Crippen LogP contribution < -0.4 is 10.2 Å². The number of phosphoric acid groups is 1. The topological polar surface area (TPSA) is 114 Å². The van der Waals surface area contributed by atoms with Gasteiger partial charge in [0.05, 0.1) is 33.8 Å². The van der Waals surface area contributed by atoms with E-state index in [1.54, 1.807) is 0 Å². The van der Waals surface area contributed by atoms with Crippen LogP contribution in [0.5, 0.6) is 0 Å². The van der Waals surface area contributed by atoms with Crippen LogP contribution >= 0.6 is 7.82 Å². The molecule has 0 radical (unpaired) electrons. The Kier molecular flexibility index (Phi) is 53.0. The fourth-order valence-corrected chi connectivity index (χ4v) is 9.18. The van der Waals surface area contributed by atoms with Gasteiger partial charge in [0.25, 0.3) is 7.82 Å². The Balaban J connectivity index is 5.27. The van der Waals surface area contributed by atoms with E-state index in [1.165, 1.54) is 96.3 Å². The lowest BCUT2D eigenvalue weighted by Gasteiger charge is -2.30. The lowest BCUT2D eigenvalue weighted by atomic mass is 10.1. The van der Waals surface area contributed by atoms with Gasteiger partial charge in [0, 0.05) is 12.8 Å². The molecule has 0 aromatic carbocycles. The third kappa shape index (κ3) is 55.7. The van der Waals surface area contributed by atoms with E-state index in [0.29, 0.717) is 23.9 Å². The van der Waals surface area contributed by atoms with Crippen molar-refractivity contribution < 1.29 is 37.3 Å². The van der Waals surface area contributed by atoms with E-state index in [-0.39, 0.29) is 24.9 Å². The van der Waals surface area contributed by atoms with E-state index in [4.69, 9.17) is 13.8 Å². The molecule has 0 aliphatic heterocycles. The molecule has 0 rings (SSSR count). The number of quaternary nitrogens is 1. The number of carbonyl (C=O) groups is 2. The molecule has 1 N–H and O–H groups in total. The summed E-state index contributed by atoms with van der Waals surface area (Å²) >= 11 is 0. The largest absolute Gasteiger partial charge is 0.756 e. The van der Waals surface area contributed by atoms with Crippen LogP contribution in [0.1, 0.15) is 258 Å². The molecule has 0 heterocycles. The van der Waals surface area contributed by atoms with E-state index in [9.17, 15) is 19.0 Å². The molecule has 1 amide bonds. The van der Waals surface area contributed by atoms with Crippen LogP contribution in [-0.2, 0) is 27.9 Å². The molecule has 76 heavy (non-hydrogen) atoms. The summed E-state index contributed by atoms with van der Waals surface area (Å²) in [6.45, 7) is 6.69. The molecule has 0 bridgehead atoms. The number of carbonyl (C=O) groups excluding carboxylic acids is 2. The van der Waals surface area contributed by atoms with Gasteiger partial charge in [-0.3, -0.25) is 14.2 Å². The van der Waals surface area contributed by atoms with Crippen molar-refractivity contribution in [2.24, 2.45) is 0 Å². The Morgan fingerprint density at radius 2 is 0.842 bits per heavy atom. The van der Waals surface area contributed by atoms with Crippen molar-refractivity contribution >= 4 is 19.7 Å². The first-order valence-electron chi connectivity index (χ1n) is 31.0. The molecule has 438 valence electrons. The van der Waals surface area contributed by atoms with Gasteiger partial charge in [0.15, 0.2) is 0 Å². The van der Waals surface area contributed by atoms with Crippen LogP contribution in [0, 0.1) is 0 Å². The molecular weight excluding hydrogens is 964 g/mol. The number of hydrogen-bond acceptors (Lipinski definition) is 7. The molecule has 0 fully saturated rings. The van der Waals surface area contributed by atoms with Gasteiger partial charge in [-0.1, -0.05) is 234 Å². The fraction of sp³-hybridized carbons (Fsp3) is 0.727. The minimum atomic E-state index is -4.71. The number of rotatable bonds is 55. The second-order valence-corrected chi connectivity index (χ2v) is 23.2. The number of likely N-dealkylation sites (N-methyl/N-ethyl adjacent to an activating group) is 1. The summed E-state index contributed by atoms with van der Waals surface area (Å²) in [6.07, 6.45) is 73.7. The molecule has 0 aromatic heterocycles. The van der Waals surface area contributed by atoms with E-state index in [1.807, 2.05) is 33.3 Å². The Morgan fingerprint density at radius 3 is 1.28 bits per heavy atom. The van der Waals surface area contributed by atoms with Gasteiger partial charge in [-0.25, -0.2) is 0 Å². The quantitative estimate of drug-likeness (QED) is 0.0212. The van der Waals surface area contributed by atoms with E-state index >= 15 is 0 Å². The number of allylic oxidation sites excluding steroid dienone is 15. The standard InChI is InChI=1S/C66H117N2O7P/c1-7-10-13-16-19-22-25-27-29-31-32-33-34-35-36-37-39-41-44-47-50-53-56-59-66(70)75-64(57-54-51-48-45-42-24-21-18-15-12-9-3)63(62-74-76(71,72)73-61-60-68(4,5)6)67-65(69)58-55-52-49-46-43-40-38-30-28-26-23-20-17-14-11-8-2/h10,13,19,22,27,29-30,32-33,35-36,38-39,41,54,57,63-64H,7-9,11-12,14-18,20-21,23-26,28,31,34,37,40,42-53,55-56,58-62H2,1-6H3,(H-,67,69,71,72)/b13-10-,22-19-,29-27-,33-32-,36-35-,38-30+,41-39-,57-54-. The summed E-state index contributed by atoms with van der Waals surface area (Å²) in [4.78, 5) is 39.9. The lowest BCUT2D eigenvalue weighted by Crippen LogP contribution is -2.47. The summed E-state index contributed by atoms with van der Waals surface area (Å²) in [5.74, 6) is -0.583. The van der Waals surface area contributed by atoms with Gasteiger partial charge in [0.2, 0.25) is 5.91 Å². The summed E-state index contributed by atoms with van der Waals surface area (Å²) in [5.41, 5.74) is 0. The number of nitrogens with zero attached hydrogens (tertiary/aromatic N) is 1. The highest BCUT2D eigenvalue weighted by atomic mass is 31.2. The molecule has 0 spiro atoms. The number of nitrogens with one attached hydrogen (secondary N) is 1. The average molecular weight is 1080 g/mol. The second kappa shape index (κ2) is 55.3. The summed E-state index contributed by atoms with van der Waals surface area (Å²) < 4.78 is 30.3. The number of amides is 1. The minimum absolute atomic E-state index is 0.0324. The zero-order valence-corrected chi connectivity index (χ0v) is 50.8. The summed E-state index contributed by atoms with van der Waals surface area (Å²) in [5, 5.41) is 3.01.